The first-order valence-electron chi connectivity index (χ1n) is 8.51. The van der Waals surface area contributed by atoms with Gasteiger partial charge in [-0.15, -0.1) is 12.4 Å². The Labute approximate surface area is 158 Å². The summed E-state index contributed by atoms with van der Waals surface area (Å²) in [5.41, 5.74) is 7.29. The molecule has 7 heteroatoms. The topological polar surface area (TPSA) is 88.4 Å². The SMILES string of the molecule is COc1ccc(-c2ccc(C(=O)N3CCCC(N)CC3)c(=O)[nH]2)cc1.Cl. The summed E-state index contributed by atoms with van der Waals surface area (Å²) in [6, 6.07) is 10.9. The molecule has 140 valence electrons. The largest absolute Gasteiger partial charge is 0.497 e. The number of nitrogens with zero attached hydrogens (tertiary/aromatic N) is 1. The molecule has 0 spiro atoms. The number of benzene rings is 1. The third-order valence-corrected chi connectivity index (χ3v) is 4.60. The zero-order valence-corrected chi connectivity index (χ0v) is 15.6. The van der Waals surface area contributed by atoms with E-state index >= 15 is 0 Å². The van der Waals surface area contributed by atoms with Gasteiger partial charge in [-0.3, -0.25) is 9.59 Å². The smallest absolute Gasteiger partial charge is 0.261 e. The van der Waals surface area contributed by atoms with E-state index in [-0.39, 0.29) is 35.5 Å². The average Bonchev–Trinajstić information content (AvgIpc) is 2.86. The van der Waals surface area contributed by atoms with Crippen molar-refractivity contribution < 1.29 is 9.53 Å². The Morgan fingerprint density at radius 3 is 2.54 bits per heavy atom. The number of nitrogens with one attached hydrogen (secondary N) is 1. The van der Waals surface area contributed by atoms with Crippen LogP contribution in [-0.2, 0) is 0 Å². The number of ether oxygens (including phenoxy) is 1. The molecule has 0 bridgehead atoms. The highest BCUT2D eigenvalue weighted by Gasteiger charge is 2.22. The Hall–Kier alpha value is -2.31. The Morgan fingerprint density at radius 2 is 1.88 bits per heavy atom. The Kier molecular flexibility index (Phi) is 6.83. The number of H-pyrrole nitrogens is 1. The normalized spacial score (nSPS) is 17.2. The summed E-state index contributed by atoms with van der Waals surface area (Å²) in [6.45, 7) is 1.24. The Balaban J connectivity index is 0.00000243. The zero-order valence-electron chi connectivity index (χ0n) is 14.7. The van der Waals surface area contributed by atoms with Crippen molar-refractivity contribution in [2.24, 2.45) is 5.73 Å². The second-order valence-electron chi connectivity index (χ2n) is 6.33. The molecule has 1 aromatic heterocycles. The molecule has 0 aliphatic carbocycles. The third-order valence-electron chi connectivity index (χ3n) is 4.60. The van der Waals surface area contributed by atoms with Crippen LogP contribution in [0, 0.1) is 0 Å². The maximum atomic E-state index is 12.7. The number of hydrogen-bond acceptors (Lipinski definition) is 4. The molecule has 2 heterocycles. The molecule has 1 amide bonds. The quantitative estimate of drug-likeness (QED) is 0.859. The first kappa shape index (κ1) is 20.0. The lowest BCUT2D eigenvalue weighted by Gasteiger charge is -2.20. The van der Waals surface area contributed by atoms with E-state index in [0.29, 0.717) is 18.8 Å². The molecule has 1 unspecified atom stereocenters. The standard InChI is InChI=1S/C19H23N3O3.ClH/c1-25-15-6-4-13(5-7-15)17-9-8-16(18(23)21-17)19(24)22-11-2-3-14(20)10-12-22;/h4-9,14H,2-3,10-12,20H2,1H3,(H,21,23);1H. The van der Waals surface area contributed by atoms with E-state index in [1.165, 1.54) is 0 Å². The van der Waals surface area contributed by atoms with Crippen LogP contribution in [0.2, 0.25) is 0 Å². The van der Waals surface area contributed by atoms with Gasteiger partial charge in [0, 0.05) is 24.8 Å². The van der Waals surface area contributed by atoms with Crippen molar-refractivity contribution in [3.05, 3.63) is 52.3 Å². The van der Waals surface area contributed by atoms with E-state index in [9.17, 15) is 9.59 Å². The summed E-state index contributed by atoms with van der Waals surface area (Å²) in [6.07, 6.45) is 2.55. The number of amides is 1. The maximum Gasteiger partial charge on any atom is 0.261 e. The number of hydrogen-bond donors (Lipinski definition) is 2. The molecule has 0 saturated carbocycles. The minimum absolute atomic E-state index is 0. The third kappa shape index (κ3) is 4.45. The summed E-state index contributed by atoms with van der Waals surface area (Å²) in [5, 5.41) is 0. The summed E-state index contributed by atoms with van der Waals surface area (Å²) >= 11 is 0. The fraction of sp³-hybridized carbons (Fsp3) is 0.368. The molecule has 3 rings (SSSR count). The van der Waals surface area contributed by atoms with Gasteiger partial charge in [0.05, 0.1) is 7.11 Å². The van der Waals surface area contributed by atoms with Crippen molar-refractivity contribution in [3.63, 3.8) is 0 Å². The lowest BCUT2D eigenvalue weighted by Crippen LogP contribution is -2.36. The molecular weight excluding hydrogens is 354 g/mol. The van der Waals surface area contributed by atoms with Crippen molar-refractivity contribution in [1.29, 1.82) is 0 Å². The highest BCUT2D eigenvalue weighted by atomic mass is 35.5. The molecule has 2 aromatic rings. The number of halogens is 1. The molecule has 1 saturated heterocycles. The van der Waals surface area contributed by atoms with Crippen molar-refractivity contribution in [2.45, 2.75) is 25.3 Å². The van der Waals surface area contributed by atoms with E-state index < -0.39 is 0 Å². The van der Waals surface area contributed by atoms with Gasteiger partial charge in [0.25, 0.3) is 11.5 Å². The van der Waals surface area contributed by atoms with Crippen LogP contribution >= 0.6 is 12.4 Å². The predicted molar refractivity (Wildman–Crippen MR) is 104 cm³/mol. The van der Waals surface area contributed by atoms with Crippen molar-refractivity contribution in [3.8, 4) is 17.0 Å². The van der Waals surface area contributed by atoms with Crippen molar-refractivity contribution in [2.75, 3.05) is 20.2 Å². The van der Waals surface area contributed by atoms with E-state index in [4.69, 9.17) is 10.5 Å². The van der Waals surface area contributed by atoms with Crippen LogP contribution in [0.4, 0.5) is 0 Å². The number of pyridine rings is 1. The fourth-order valence-corrected chi connectivity index (χ4v) is 3.08. The van der Waals surface area contributed by atoms with E-state index in [1.807, 2.05) is 24.3 Å². The minimum atomic E-state index is -0.369. The Bertz CT molecular complexity index is 804. The number of likely N-dealkylation sites (tertiary alicyclic amines) is 1. The van der Waals surface area contributed by atoms with Crippen LogP contribution in [0.1, 0.15) is 29.6 Å². The van der Waals surface area contributed by atoms with Gasteiger partial charge in [0.2, 0.25) is 0 Å². The van der Waals surface area contributed by atoms with Gasteiger partial charge in [-0.05, 0) is 61.2 Å². The maximum absolute atomic E-state index is 12.7. The number of carbonyl (C=O) groups is 1. The van der Waals surface area contributed by atoms with Crippen LogP contribution in [0.3, 0.4) is 0 Å². The van der Waals surface area contributed by atoms with Gasteiger partial charge < -0.3 is 20.4 Å². The summed E-state index contributed by atoms with van der Waals surface area (Å²) in [4.78, 5) is 29.6. The number of rotatable bonds is 3. The van der Waals surface area contributed by atoms with Gasteiger partial charge in [-0.1, -0.05) is 0 Å². The lowest BCUT2D eigenvalue weighted by atomic mass is 10.1. The molecule has 1 aromatic carbocycles. The zero-order chi connectivity index (χ0) is 17.8. The van der Waals surface area contributed by atoms with E-state index in [2.05, 4.69) is 4.98 Å². The number of nitrogens with two attached hydrogens (primary N) is 1. The Morgan fingerprint density at radius 1 is 1.15 bits per heavy atom. The monoisotopic (exact) mass is 377 g/mol. The van der Waals surface area contributed by atoms with Crippen molar-refractivity contribution >= 4 is 18.3 Å². The molecule has 1 atom stereocenters. The molecular formula is C19H24ClN3O3. The van der Waals surface area contributed by atoms with Gasteiger partial charge >= 0.3 is 0 Å². The second-order valence-corrected chi connectivity index (χ2v) is 6.33. The summed E-state index contributed by atoms with van der Waals surface area (Å²) in [7, 11) is 1.60. The number of methoxy groups -OCH3 is 1. The first-order chi connectivity index (χ1) is 12.1. The molecule has 6 nitrogen and oxygen atoms in total. The number of carbonyl (C=O) groups excluding carboxylic acids is 1. The average molecular weight is 378 g/mol. The lowest BCUT2D eigenvalue weighted by molar-refractivity contribution is 0.0759. The fourth-order valence-electron chi connectivity index (χ4n) is 3.08. The van der Waals surface area contributed by atoms with Crippen LogP contribution in [0.15, 0.2) is 41.2 Å². The predicted octanol–water partition coefficient (Wildman–Crippen LogP) is 2.43. The van der Waals surface area contributed by atoms with E-state index in [1.54, 1.807) is 24.1 Å². The van der Waals surface area contributed by atoms with Crippen LogP contribution < -0.4 is 16.0 Å². The highest BCUT2D eigenvalue weighted by molar-refractivity contribution is 5.94. The van der Waals surface area contributed by atoms with Gasteiger partial charge in [0.1, 0.15) is 11.3 Å². The second kappa shape index (κ2) is 8.87. The number of aromatic nitrogens is 1. The molecule has 1 fully saturated rings. The summed E-state index contributed by atoms with van der Waals surface area (Å²) < 4.78 is 5.13. The first-order valence-corrected chi connectivity index (χ1v) is 8.51. The molecule has 26 heavy (non-hydrogen) atoms. The van der Waals surface area contributed by atoms with Crippen LogP contribution in [-0.4, -0.2) is 42.0 Å². The minimum Gasteiger partial charge on any atom is -0.497 e. The molecule has 1 aliphatic heterocycles. The molecule has 1 aliphatic rings. The highest BCUT2D eigenvalue weighted by Crippen LogP contribution is 2.20. The van der Waals surface area contributed by atoms with Crippen LogP contribution in [0.5, 0.6) is 5.75 Å². The molecule has 3 N–H and O–H groups in total. The summed E-state index contributed by atoms with van der Waals surface area (Å²) in [5.74, 6) is 0.522. The van der Waals surface area contributed by atoms with E-state index in [0.717, 1.165) is 30.6 Å². The van der Waals surface area contributed by atoms with Gasteiger partial charge in [-0.25, -0.2) is 0 Å². The van der Waals surface area contributed by atoms with Gasteiger partial charge in [-0.2, -0.15) is 0 Å². The van der Waals surface area contributed by atoms with Gasteiger partial charge in [0.15, 0.2) is 0 Å². The van der Waals surface area contributed by atoms with Crippen molar-refractivity contribution in [1.82, 2.24) is 9.88 Å². The number of aromatic amines is 1. The molecule has 0 radical (unpaired) electrons. The van der Waals surface area contributed by atoms with Crippen LogP contribution in [0.25, 0.3) is 11.3 Å².